The molecule has 0 N–H and O–H groups in total. The van der Waals surface area contributed by atoms with Gasteiger partial charge in [-0.05, 0) is 12.1 Å². The van der Waals surface area contributed by atoms with Crippen molar-refractivity contribution in [3.05, 3.63) is 102 Å². The van der Waals surface area contributed by atoms with Crippen molar-refractivity contribution in [1.82, 2.24) is 4.98 Å². The van der Waals surface area contributed by atoms with Gasteiger partial charge in [0.05, 0.1) is 11.3 Å². The molecule has 1 heteroatoms. The zero-order chi connectivity index (χ0) is 16.2. The molecule has 0 aliphatic carbocycles. The van der Waals surface area contributed by atoms with Crippen LogP contribution in [0.1, 0.15) is 11.1 Å². The molecule has 0 spiro atoms. The fourth-order valence-corrected chi connectivity index (χ4v) is 2.76. The standard InChI is InChI=1S/C23H15N/c1-3-9-18(10-4-1)15-16-22-21-14-8-7-13-20(21)17-24-23(22)19-11-5-2-6-12-19/h1-14,17H. The van der Waals surface area contributed by atoms with E-state index in [2.05, 4.69) is 41.1 Å². The second-order valence-corrected chi connectivity index (χ2v) is 5.55. The Morgan fingerprint density at radius 1 is 0.625 bits per heavy atom. The minimum absolute atomic E-state index is 0.928. The van der Waals surface area contributed by atoms with Crippen molar-refractivity contribution in [3.8, 4) is 23.1 Å². The van der Waals surface area contributed by atoms with Crippen molar-refractivity contribution in [2.45, 2.75) is 0 Å². The number of aromatic nitrogens is 1. The van der Waals surface area contributed by atoms with Gasteiger partial charge in [-0.2, -0.15) is 0 Å². The van der Waals surface area contributed by atoms with E-state index in [1.165, 1.54) is 0 Å². The molecule has 1 nitrogen and oxygen atoms in total. The average Bonchev–Trinajstić information content (AvgIpc) is 2.67. The number of pyridine rings is 1. The molecule has 0 unspecified atom stereocenters. The van der Waals surface area contributed by atoms with E-state index < -0.39 is 0 Å². The molecule has 0 saturated heterocycles. The fraction of sp³-hybridized carbons (Fsp3) is 0. The van der Waals surface area contributed by atoms with Crippen LogP contribution in [0.2, 0.25) is 0 Å². The lowest BCUT2D eigenvalue weighted by molar-refractivity contribution is 1.34. The Hall–Kier alpha value is -3.37. The number of nitrogens with zero attached hydrogens (tertiary/aromatic N) is 1. The molecule has 112 valence electrons. The third-order valence-corrected chi connectivity index (χ3v) is 3.95. The van der Waals surface area contributed by atoms with Gasteiger partial charge >= 0.3 is 0 Å². The summed E-state index contributed by atoms with van der Waals surface area (Å²) in [5.74, 6) is 6.63. The van der Waals surface area contributed by atoms with Crippen molar-refractivity contribution in [2.24, 2.45) is 0 Å². The smallest absolute Gasteiger partial charge is 0.0865 e. The molecule has 3 aromatic carbocycles. The molecule has 0 saturated carbocycles. The van der Waals surface area contributed by atoms with Gasteiger partial charge in [0.15, 0.2) is 0 Å². The predicted molar refractivity (Wildman–Crippen MR) is 99.6 cm³/mol. The molecule has 1 aromatic heterocycles. The normalized spacial score (nSPS) is 10.2. The van der Waals surface area contributed by atoms with Gasteiger partial charge in [0.25, 0.3) is 0 Å². The minimum Gasteiger partial charge on any atom is -0.254 e. The molecule has 24 heavy (non-hydrogen) atoms. The number of rotatable bonds is 1. The number of hydrogen-bond acceptors (Lipinski definition) is 1. The quantitative estimate of drug-likeness (QED) is 0.435. The summed E-state index contributed by atoms with van der Waals surface area (Å²) in [5.41, 5.74) is 3.99. The zero-order valence-corrected chi connectivity index (χ0v) is 13.1. The predicted octanol–water partition coefficient (Wildman–Crippen LogP) is 5.30. The highest BCUT2D eigenvalue weighted by atomic mass is 14.7. The lowest BCUT2D eigenvalue weighted by Gasteiger charge is -2.07. The Morgan fingerprint density at radius 2 is 1.29 bits per heavy atom. The summed E-state index contributed by atoms with van der Waals surface area (Å²) in [4.78, 5) is 4.69. The van der Waals surface area contributed by atoms with Crippen molar-refractivity contribution in [3.63, 3.8) is 0 Å². The van der Waals surface area contributed by atoms with E-state index in [-0.39, 0.29) is 0 Å². The minimum atomic E-state index is 0.928. The fourth-order valence-electron chi connectivity index (χ4n) is 2.76. The maximum Gasteiger partial charge on any atom is 0.0865 e. The lowest BCUT2D eigenvalue weighted by atomic mass is 10.00. The first-order valence-electron chi connectivity index (χ1n) is 7.92. The molecule has 4 aromatic rings. The first-order chi connectivity index (χ1) is 11.9. The summed E-state index contributed by atoms with van der Waals surface area (Å²) >= 11 is 0. The Balaban J connectivity index is 1.96. The van der Waals surface area contributed by atoms with Crippen molar-refractivity contribution >= 4 is 10.8 Å². The van der Waals surface area contributed by atoms with Gasteiger partial charge in [-0.3, -0.25) is 4.98 Å². The van der Waals surface area contributed by atoms with Gasteiger partial charge in [0.1, 0.15) is 0 Å². The van der Waals surface area contributed by atoms with Crippen molar-refractivity contribution < 1.29 is 0 Å². The van der Waals surface area contributed by atoms with Gasteiger partial charge in [0.2, 0.25) is 0 Å². The van der Waals surface area contributed by atoms with Crippen LogP contribution in [0.4, 0.5) is 0 Å². The average molecular weight is 305 g/mol. The monoisotopic (exact) mass is 305 g/mol. The maximum atomic E-state index is 4.69. The highest BCUT2D eigenvalue weighted by molar-refractivity contribution is 5.92. The molecular weight excluding hydrogens is 290 g/mol. The number of hydrogen-bond donors (Lipinski definition) is 0. The highest BCUT2D eigenvalue weighted by Gasteiger charge is 2.09. The van der Waals surface area contributed by atoms with Crippen LogP contribution >= 0.6 is 0 Å². The Kier molecular flexibility index (Phi) is 3.80. The van der Waals surface area contributed by atoms with Crippen LogP contribution < -0.4 is 0 Å². The van der Waals surface area contributed by atoms with E-state index in [4.69, 9.17) is 0 Å². The molecule has 0 atom stereocenters. The zero-order valence-electron chi connectivity index (χ0n) is 13.1. The van der Waals surface area contributed by atoms with Gasteiger partial charge in [-0.25, -0.2) is 0 Å². The molecule has 0 radical (unpaired) electrons. The molecule has 0 bridgehead atoms. The van der Waals surface area contributed by atoms with E-state index in [0.717, 1.165) is 33.2 Å². The molecule has 1 heterocycles. The van der Waals surface area contributed by atoms with E-state index >= 15 is 0 Å². The summed E-state index contributed by atoms with van der Waals surface area (Å²) in [5, 5.41) is 2.24. The molecule has 0 fully saturated rings. The summed E-state index contributed by atoms with van der Waals surface area (Å²) in [7, 11) is 0. The number of benzene rings is 3. The summed E-state index contributed by atoms with van der Waals surface area (Å²) < 4.78 is 0. The largest absolute Gasteiger partial charge is 0.254 e. The lowest BCUT2D eigenvalue weighted by Crippen LogP contribution is -1.91. The van der Waals surface area contributed by atoms with Gasteiger partial charge in [-0.15, -0.1) is 0 Å². The summed E-state index contributed by atoms with van der Waals surface area (Å²) in [6.07, 6.45) is 1.92. The first-order valence-corrected chi connectivity index (χ1v) is 7.92. The number of fused-ring (bicyclic) bond motifs is 1. The second-order valence-electron chi connectivity index (χ2n) is 5.55. The van der Waals surface area contributed by atoms with Crippen molar-refractivity contribution in [2.75, 3.05) is 0 Å². The second kappa shape index (κ2) is 6.40. The highest BCUT2D eigenvalue weighted by Crippen LogP contribution is 2.27. The summed E-state index contributed by atoms with van der Waals surface area (Å²) in [6, 6.07) is 28.5. The van der Waals surface area contributed by atoms with Gasteiger partial charge in [-0.1, -0.05) is 84.6 Å². The van der Waals surface area contributed by atoms with Crippen LogP contribution in [0.5, 0.6) is 0 Å². The van der Waals surface area contributed by atoms with E-state index in [9.17, 15) is 0 Å². The Bertz CT molecular complexity index is 1040. The van der Waals surface area contributed by atoms with Gasteiger partial charge in [0, 0.05) is 28.1 Å². The Labute approximate surface area is 141 Å². The van der Waals surface area contributed by atoms with E-state index in [1.54, 1.807) is 0 Å². The van der Waals surface area contributed by atoms with Crippen LogP contribution in [0.15, 0.2) is 91.1 Å². The summed E-state index contributed by atoms with van der Waals surface area (Å²) in [6.45, 7) is 0. The van der Waals surface area contributed by atoms with Crippen LogP contribution in [0, 0.1) is 11.8 Å². The van der Waals surface area contributed by atoms with Gasteiger partial charge < -0.3 is 0 Å². The molecule has 0 aliphatic rings. The van der Waals surface area contributed by atoms with Crippen LogP contribution in [-0.4, -0.2) is 4.98 Å². The topological polar surface area (TPSA) is 12.9 Å². The molecular formula is C23H15N. The third-order valence-electron chi connectivity index (χ3n) is 3.95. The van der Waals surface area contributed by atoms with Crippen LogP contribution in [-0.2, 0) is 0 Å². The van der Waals surface area contributed by atoms with E-state index in [0.29, 0.717) is 0 Å². The van der Waals surface area contributed by atoms with E-state index in [1.807, 2.05) is 66.9 Å². The first kappa shape index (κ1) is 14.2. The Morgan fingerprint density at radius 3 is 2.08 bits per heavy atom. The maximum absolute atomic E-state index is 4.69. The van der Waals surface area contributed by atoms with Crippen LogP contribution in [0.3, 0.4) is 0 Å². The molecule has 0 amide bonds. The van der Waals surface area contributed by atoms with Crippen LogP contribution in [0.25, 0.3) is 22.0 Å². The van der Waals surface area contributed by atoms with Crippen molar-refractivity contribution in [1.29, 1.82) is 0 Å². The third kappa shape index (κ3) is 2.78. The SMILES string of the molecule is C(#Cc1c(-c2ccccc2)ncc2ccccc12)c1ccccc1. The molecule has 0 aliphatic heterocycles. The molecule has 4 rings (SSSR count).